The van der Waals surface area contributed by atoms with Gasteiger partial charge in [-0.1, -0.05) is 67.7 Å². The van der Waals surface area contributed by atoms with Gasteiger partial charge in [0.2, 0.25) is 0 Å². The Hall–Kier alpha value is -1.34. The molecule has 0 amide bonds. The van der Waals surface area contributed by atoms with Crippen LogP contribution in [0.4, 0.5) is 0 Å². The highest BCUT2D eigenvalue weighted by Crippen LogP contribution is 1.97. The summed E-state index contributed by atoms with van der Waals surface area (Å²) in [7, 11) is 0. The fraction of sp³-hybridized carbons (Fsp3) is 0.444. The van der Waals surface area contributed by atoms with Gasteiger partial charge in [0, 0.05) is 6.54 Å². The van der Waals surface area contributed by atoms with Crippen molar-refractivity contribution in [1.29, 1.82) is 0 Å². The molecule has 0 bridgehead atoms. The van der Waals surface area contributed by atoms with E-state index in [0.29, 0.717) is 6.54 Å². The average Bonchev–Trinajstić information content (AvgIpc) is 2.43. The minimum atomic E-state index is 0.647. The molecule has 0 aromatic heterocycles. The second-order valence-electron chi connectivity index (χ2n) is 4.29. The number of hydrogen-bond donors (Lipinski definition) is 1. The number of allylic oxidation sites excluding steroid dienone is 9. The topological polar surface area (TPSA) is 26.0 Å². The Balaban J connectivity index is 3.40. The molecule has 0 radical (unpaired) electrons. The van der Waals surface area contributed by atoms with E-state index >= 15 is 0 Å². The van der Waals surface area contributed by atoms with E-state index in [9.17, 15) is 0 Å². The molecule has 0 aliphatic rings. The first kappa shape index (κ1) is 17.7. The molecule has 0 atom stereocenters. The Bertz CT molecular complexity index is 306. The second kappa shape index (κ2) is 16.7. The minimum Gasteiger partial charge on any atom is -0.327 e. The molecule has 2 N–H and O–H groups in total. The van der Waals surface area contributed by atoms with E-state index in [-0.39, 0.29) is 0 Å². The third kappa shape index (κ3) is 16.7. The lowest BCUT2D eigenvalue weighted by atomic mass is 10.2. The summed E-state index contributed by atoms with van der Waals surface area (Å²) >= 11 is 0. The molecule has 0 aromatic rings. The largest absolute Gasteiger partial charge is 0.327 e. The summed E-state index contributed by atoms with van der Waals surface area (Å²) in [4.78, 5) is 0. The van der Waals surface area contributed by atoms with Crippen LogP contribution >= 0.6 is 0 Å². The van der Waals surface area contributed by atoms with Crippen LogP contribution in [0.1, 0.15) is 45.4 Å². The molecule has 0 aromatic carbocycles. The Morgan fingerprint density at radius 2 is 1.00 bits per heavy atom. The molecular weight excluding hydrogens is 230 g/mol. The molecule has 0 fully saturated rings. The summed E-state index contributed by atoms with van der Waals surface area (Å²) in [6, 6.07) is 0. The van der Waals surface area contributed by atoms with Crippen LogP contribution in [-0.2, 0) is 0 Å². The zero-order valence-electron chi connectivity index (χ0n) is 12.3. The van der Waals surface area contributed by atoms with E-state index in [1.807, 2.05) is 6.08 Å². The zero-order valence-corrected chi connectivity index (χ0v) is 12.3. The summed E-state index contributed by atoms with van der Waals surface area (Å²) in [5, 5.41) is 0. The van der Waals surface area contributed by atoms with Crippen LogP contribution in [0.2, 0.25) is 0 Å². The van der Waals surface area contributed by atoms with Crippen LogP contribution in [0.5, 0.6) is 0 Å². The van der Waals surface area contributed by atoms with Crippen LogP contribution in [0, 0.1) is 0 Å². The van der Waals surface area contributed by atoms with Crippen molar-refractivity contribution in [1.82, 2.24) is 0 Å². The summed E-state index contributed by atoms with van der Waals surface area (Å²) in [6.07, 6.45) is 28.3. The summed E-state index contributed by atoms with van der Waals surface area (Å²) < 4.78 is 0. The Morgan fingerprint density at radius 1 is 0.579 bits per heavy atom. The molecule has 0 heterocycles. The van der Waals surface area contributed by atoms with E-state index < -0.39 is 0 Å². The van der Waals surface area contributed by atoms with Gasteiger partial charge in [-0.05, 0) is 38.5 Å². The van der Waals surface area contributed by atoms with E-state index in [0.717, 1.165) is 38.5 Å². The normalized spacial score (nSPS) is 13.2. The Morgan fingerprint density at radius 3 is 1.47 bits per heavy atom. The molecule has 1 nitrogen and oxygen atoms in total. The number of hydrogen-bond acceptors (Lipinski definition) is 1. The van der Waals surface area contributed by atoms with Crippen molar-refractivity contribution >= 4 is 0 Å². The highest BCUT2D eigenvalue weighted by Gasteiger charge is 1.77. The van der Waals surface area contributed by atoms with E-state index in [4.69, 9.17) is 5.73 Å². The maximum Gasteiger partial charge on any atom is 0.0106 e. The maximum absolute atomic E-state index is 5.36. The van der Waals surface area contributed by atoms with Crippen molar-refractivity contribution in [2.45, 2.75) is 45.4 Å². The molecule has 0 aliphatic carbocycles. The fourth-order valence-corrected chi connectivity index (χ4v) is 1.50. The van der Waals surface area contributed by atoms with Gasteiger partial charge in [-0.3, -0.25) is 0 Å². The Labute approximate surface area is 119 Å². The van der Waals surface area contributed by atoms with Crippen LogP contribution < -0.4 is 5.73 Å². The highest BCUT2D eigenvalue weighted by molar-refractivity contribution is 4.99. The number of rotatable bonds is 11. The first-order chi connectivity index (χ1) is 9.41. The van der Waals surface area contributed by atoms with Crippen LogP contribution in [0.15, 0.2) is 60.8 Å². The summed E-state index contributed by atoms with van der Waals surface area (Å²) in [5.74, 6) is 0. The van der Waals surface area contributed by atoms with Crippen LogP contribution in [0.3, 0.4) is 0 Å². The monoisotopic (exact) mass is 259 g/mol. The van der Waals surface area contributed by atoms with Crippen LogP contribution in [-0.4, -0.2) is 6.54 Å². The van der Waals surface area contributed by atoms with E-state index in [2.05, 4.69) is 61.6 Å². The van der Waals surface area contributed by atoms with Crippen molar-refractivity contribution < 1.29 is 0 Å². The van der Waals surface area contributed by atoms with Gasteiger partial charge in [-0.15, -0.1) is 0 Å². The number of unbranched alkanes of at least 4 members (excludes halogenated alkanes) is 1. The number of nitrogens with two attached hydrogens (primary N) is 1. The molecule has 0 unspecified atom stereocenters. The third-order valence-corrected chi connectivity index (χ3v) is 2.52. The molecule has 0 saturated heterocycles. The lowest BCUT2D eigenvalue weighted by Crippen LogP contribution is -1.91. The third-order valence-electron chi connectivity index (χ3n) is 2.52. The molecule has 106 valence electrons. The van der Waals surface area contributed by atoms with Gasteiger partial charge in [-0.25, -0.2) is 0 Å². The lowest BCUT2D eigenvalue weighted by molar-refractivity contribution is 1.03. The predicted molar refractivity (Wildman–Crippen MR) is 88.1 cm³/mol. The van der Waals surface area contributed by atoms with Crippen molar-refractivity contribution in [3.05, 3.63) is 60.8 Å². The van der Waals surface area contributed by atoms with Gasteiger partial charge >= 0.3 is 0 Å². The first-order valence-electron chi connectivity index (χ1n) is 7.36. The van der Waals surface area contributed by atoms with Crippen molar-refractivity contribution in [3.8, 4) is 0 Å². The van der Waals surface area contributed by atoms with Gasteiger partial charge in [0.1, 0.15) is 0 Å². The van der Waals surface area contributed by atoms with E-state index in [1.54, 1.807) is 0 Å². The van der Waals surface area contributed by atoms with Gasteiger partial charge in [0.05, 0.1) is 0 Å². The summed E-state index contributed by atoms with van der Waals surface area (Å²) in [6.45, 7) is 2.80. The molecule has 0 saturated carbocycles. The molecule has 1 heteroatoms. The van der Waals surface area contributed by atoms with Gasteiger partial charge in [-0.2, -0.15) is 0 Å². The quantitative estimate of drug-likeness (QED) is 0.406. The Kier molecular flexibility index (Phi) is 15.5. The van der Waals surface area contributed by atoms with Gasteiger partial charge in [0.25, 0.3) is 0 Å². The maximum atomic E-state index is 5.36. The molecule has 19 heavy (non-hydrogen) atoms. The second-order valence-corrected chi connectivity index (χ2v) is 4.29. The van der Waals surface area contributed by atoms with Gasteiger partial charge < -0.3 is 5.73 Å². The van der Waals surface area contributed by atoms with Crippen molar-refractivity contribution in [3.63, 3.8) is 0 Å². The SMILES string of the molecule is CCC=CCC=CCC=CCC=CCCC=CCN. The highest BCUT2D eigenvalue weighted by atomic mass is 14.5. The summed E-state index contributed by atoms with van der Waals surface area (Å²) in [5.41, 5.74) is 5.36. The molecule has 0 rings (SSSR count). The average molecular weight is 259 g/mol. The minimum absolute atomic E-state index is 0.647. The van der Waals surface area contributed by atoms with Crippen molar-refractivity contribution in [2.75, 3.05) is 6.54 Å². The molecule has 0 spiro atoms. The lowest BCUT2D eigenvalue weighted by Gasteiger charge is -1.87. The van der Waals surface area contributed by atoms with E-state index in [1.165, 1.54) is 0 Å². The van der Waals surface area contributed by atoms with Crippen LogP contribution in [0.25, 0.3) is 0 Å². The smallest absolute Gasteiger partial charge is 0.0106 e. The molecular formula is C18H29N. The van der Waals surface area contributed by atoms with Gasteiger partial charge in [0.15, 0.2) is 0 Å². The standard InChI is InChI=1S/C18H29N/c1-2-3-4-5-6-7-8-9-10-11-12-13-14-15-16-17-18-19/h3-4,6-7,9-10,12-13,16-17H,2,5,8,11,14-15,18-19H2,1H3. The predicted octanol–water partition coefficient (Wildman–Crippen LogP) is 5.09. The fourth-order valence-electron chi connectivity index (χ4n) is 1.50. The first-order valence-corrected chi connectivity index (χ1v) is 7.36. The van der Waals surface area contributed by atoms with Crippen molar-refractivity contribution in [2.24, 2.45) is 5.73 Å². The zero-order chi connectivity index (χ0) is 14.0. The molecule has 0 aliphatic heterocycles.